The number of hydrogen-bond acceptors (Lipinski definition) is 3. The maximum atomic E-state index is 10.6. The second-order valence-corrected chi connectivity index (χ2v) is 6.83. The summed E-state index contributed by atoms with van der Waals surface area (Å²) in [4.78, 5) is 2.31. The van der Waals surface area contributed by atoms with Crippen LogP contribution in [0.2, 0.25) is 0 Å². The number of aliphatic hydroxyl groups excluding tert-OH is 1. The zero-order valence-electron chi connectivity index (χ0n) is 13.7. The third kappa shape index (κ3) is 3.03. The number of morpholine rings is 1. The predicted molar refractivity (Wildman–Crippen MR) is 91.8 cm³/mol. The molecule has 1 aromatic heterocycles. The number of aryl methyl sites for hydroxylation is 1. The molecule has 0 bridgehead atoms. The molecule has 1 N–H and O–H groups in total. The fourth-order valence-corrected chi connectivity index (χ4v) is 4.15. The molecule has 1 aromatic carbocycles. The van der Waals surface area contributed by atoms with Crippen molar-refractivity contribution >= 4 is 10.9 Å². The average molecular weight is 314 g/mol. The number of ether oxygens (including phenoxy) is 1. The summed E-state index contributed by atoms with van der Waals surface area (Å²) >= 11 is 0. The number of aromatic nitrogens is 1. The molecule has 1 aliphatic carbocycles. The summed E-state index contributed by atoms with van der Waals surface area (Å²) in [6.45, 7) is 4.88. The molecule has 0 saturated carbocycles. The van der Waals surface area contributed by atoms with Gasteiger partial charge in [0.2, 0.25) is 0 Å². The van der Waals surface area contributed by atoms with Crippen LogP contribution >= 0.6 is 0 Å². The first kappa shape index (κ1) is 15.2. The van der Waals surface area contributed by atoms with E-state index in [0.717, 1.165) is 39.3 Å². The van der Waals surface area contributed by atoms with E-state index in [2.05, 4.69) is 33.7 Å². The van der Waals surface area contributed by atoms with Crippen LogP contribution in [-0.4, -0.2) is 53.5 Å². The van der Waals surface area contributed by atoms with Crippen molar-refractivity contribution in [3.05, 3.63) is 35.5 Å². The Morgan fingerprint density at radius 3 is 2.70 bits per heavy atom. The molecule has 2 aromatic rings. The number of hydrogen-bond donors (Lipinski definition) is 1. The number of β-amino-alcohol motifs (C(OH)–C–C–N with tert-alkyl or cyclic N) is 1. The number of fused-ring (bicyclic) bond motifs is 3. The Labute approximate surface area is 137 Å². The Bertz CT molecular complexity index is 673. The summed E-state index contributed by atoms with van der Waals surface area (Å²) in [5, 5.41) is 12.0. The molecular weight excluding hydrogens is 288 g/mol. The fourth-order valence-electron chi connectivity index (χ4n) is 4.15. The molecule has 4 nitrogen and oxygen atoms in total. The summed E-state index contributed by atoms with van der Waals surface area (Å²) in [7, 11) is 0. The standard InChI is InChI=1S/C19H26N2O2/c22-15(13-20-9-11-23-12-10-20)14-21-18-7-3-1-5-16(18)17-6-2-4-8-19(17)21/h1,3,5,7,15,22H,2,4,6,8-14H2/t15-/m1/s1. The smallest absolute Gasteiger partial charge is 0.0845 e. The van der Waals surface area contributed by atoms with Crippen LogP contribution < -0.4 is 0 Å². The minimum Gasteiger partial charge on any atom is -0.390 e. The largest absolute Gasteiger partial charge is 0.390 e. The molecule has 4 heteroatoms. The first-order chi connectivity index (χ1) is 11.3. The number of para-hydroxylation sites is 1. The first-order valence-corrected chi connectivity index (χ1v) is 8.90. The summed E-state index contributed by atoms with van der Waals surface area (Å²) in [5.74, 6) is 0. The van der Waals surface area contributed by atoms with Crippen LogP contribution in [0.25, 0.3) is 10.9 Å². The molecule has 23 heavy (non-hydrogen) atoms. The molecule has 124 valence electrons. The highest BCUT2D eigenvalue weighted by molar-refractivity contribution is 5.85. The van der Waals surface area contributed by atoms with Gasteiger partial charge in [-0.3, -0.25) is 4.90 Å². The van der Waals surface area contributed by atoms with Crippen LogP contribution in [0, 0.1) is 0 Å². The quantitative estimate of drug-likeness (QED) is 0.940. The lowest BCUT2D eigenvalue weighted by Crippen LogP contribution is -2.42. The van der Waals surface area contributed by atoms with Crippen LogP contribution in [0.1, 0.15) is 24.1 Å². The highest BCUT2D eigenvalue weighted by Gasteiger charge is 2.22. The van der Waals surface area contributed by atoms with Gasteiger partial charge in [-0.2, -0.15) is 0 Å². The van der Waals surface area contributed by atoms with E-state index in [0.29, 0.717) is 6.54 Å². The van der Waals surface area contributed by atoms with E-state index in [-0.39, 0.29) is 6.10 Å². The van der Waals surface area contributed by atoms with Gasteiger partial charge in [0.25, 0.3) is 0 Å². The first-order valence-electron chi connectivity index (χ1n) is 8.90. The van der Waals surface area contributed by atoms with Crippen molar-refractivity contribution in [3.63, 3.8) is 0 Å². The summed E-state index contributed by atoms with van der Waals surface area (Å²) in [5.41, 5.74) is 4.27. The van der Waals surface area contributed by atoms with Crippen molar-refractivity contribution in [3.8, 4) is 0 Å². The lowest BCUT2D eigenvalue weighted by molar-refractivity contribution is 0.0116. The third-order valence-electron chi connectivity index (χ3n) is 5.25. The maximum absolute atomic E-state index is 10.6. The van der Waals surface area contributed by atoms with Crippen LogP contribution in [-0.2, 0) is 24.1 Å². The molecule has 0 radical (unpaired) electrons. The van der Waals surface area contributed by atoms with Crippen molar-refractivity contribution in [1.82, 2.24) is 9.47 Å². The zero-order chi connectivity index (χ0) is 15.6. The minimum absolute atomic E-state index is 0.324. The second-order valence-electron chi connectivity index (χ2n) is 6.83. The van der Waals surface area contributed by atoms with E-state index in [1.165, 1.54) is 41.4 Å². The van der Waals surface area contributed by atoms with Gasteiger partial charge >= 0.3 is 0 Å². The van der Waals surface area contributed by atoms with Crippen molar-refractivity contribution in [2.75, 3.05) is 32.8 Å². The number of benzene rings is 1. The van der Waals surface area contributed by atoms with E-state index < -0.39 is 0 Å². The number of nitrogens with zero attached hydrogens (tertiary/aromatic N) is 2. The van der Waals surface area contributed by atoms with Crippen molar-refractivity contribution in [2.45, 2.75) is 38.3 Å². The van der Waals surface area contributed by atoms with E-state index in [4.69, 9.17) is 4.74 Å². The molecule has 1 saturated heterocycles. The predicted octanol–water partition coefficient (Wildman–Crippen LogP) is 2.21. The third-order valence-corrected chi connectivity index (χ3v) is 5.25. The normalized spacial score (nSPS) is 20.6. The maximum Gasteiger partial charge on any atom is 0.0845 e. The summed E-state index contributed by atoms with van der Waals surface area (Å²) < 4.78 is 7.77. The van der Waals surface area contributed by atoms with Gasteiger partial charge in [-0.25, -0.2) is 0 Å². The van der Waals surface area contributed by atoms with Gasteiger partial charge in [0.1, 0.15) is 0 Å². The Morgan fingerprint density at radius 2 is 1.83 bits per heavy atom. The summed E-state index contributed by atoms with van der Waals surface area (Å²) in [6.07, 6.45) is 4.56. The van der Waals surface area contributed by atoms with Gasteiger partial charge in [0, 0.05) is 36.2 Å². The molecule has 1 atom stereocenters. The topological polar surface area (TPSA) is 37.6 Å². The monoisotopic (exact) mass is 314 g/mol. The van der Waals surface area contributed by atoms with Crippen molar-refractivity contribution in [1.29, 1.82) is 0 Å². The Morgan fingerprint density at radius 1 is 1.04 bits per heavy atom. The van der Waals surface area contributed by atoms with Gasteiger partial charge < -0.3 is 14.4 Å². The van der Waals surface area contributed by atoms with E-state index in [1.54, 1.807) is 0 Å². The SMILES string of the molecule is O[C@H](CN1CCOCC1)Cn1c2c(c3ccccc31)CCCC2. The van der Waals surface area contributed by atoms with Crippen LogP contribution in [0.5, 0.6) is 0 Å². The Balaban J connectivity index is 1.58. The second kappa shape index (κ2) is 6.63. The van der Waals surface area contributed by atoms with Gasteiger partial charge in [0.05, 0.1) is 25.9 Å². The number of aliphatic hydroxyl groups is 1. The van der Waals surface area contributed by atoms with Crippen molar-refractivity contribution < 1.29 is 9.84 Å². The molecule has 2 heterocycles. The molecule has 0 spiro atoms. The number of rotatable bonds is 4. The fraction of sp³-hybridized carbons (Fsp3) is 0.579. The molecule has 2 aliphatic rings. The van der Waals surface area contributed by atoms with Crippen LogP contribution in [0.15, 0.2) is 24.3 Å². The average Bonchev–Trinajstić information content (AvgIpc) is 2.90. The lowest BCUT2D eigenvalue weighted by Gasteiger charge is -2.29. The highest BCUT2D eigenvalue weighted by Crippen LogP contribution is 2.32. The molecule has 0 unspecified atom stereocenters. The van der Waals surface area contributed by atoms with Crippen LogP contribution in [0.4, 0.5) is 0 Å². The Kier molecular flexibility index (Phi) is 4.38. The van der Waals surface area contributed by atoms with E-state index in [1.807, 2.05) is 0 Å². The lowest BCUT2D eigenvalue weighted by atomic mass is 9.95. The van der Waals surface area contributed by atoms with E-state index in [9.17, 15) is 5.11 Å². The Hall–Kier alpha value is -1.36. The molecular formula is C19H26N2O2. The molecule has 0 amide bonds. The zero-order valence-corrected chi connectivity index (χ0v) is 13.7. The highest BCUT2D eigenvalue weighted by atomic mass is 16.5. The van der Waals surface area contributed by atoms with Crippen molar-refractivity contribution in [2.24, 2.45) is 0 Å². The molecule has 4 rings (SSSR count). The molecule has 1 aliphatic heterocycles. The minimum atomic E-state index is -0.324. The van der Waals surface area contributed by atoms with Gasteiger partial charge in [-0.05, 0) is 37.3 Å². The van der Waals surface area contributed by atoms with Gasteiger partial charge in [-0.15, -0.1) is 0 Å². The van der Waals surface area contributed by atoms with E-state index >= 15 is 0 Å². The summed E-state index contributed by atoms with van der Waals surface area (Å²) in [6, 6.07) is 8.68. The van der Waals surface area contributed by atoms with Crippen LogP contribution in [0.3, 0.4) is 0 Å². The van der Waals surface area contributed by atoms with Gasteiger partial charge in [-0.1, -0.05) is 18.2 Å². The van der Waals surface area contributed by atoms with Gasteiger partial charge in [0.15, 0.2) is 0 Å². The molecule has 1 fully saturated rings.